The molecule has 2 unspecified atom stereocenters. The smallest absolute Gasteiger partial charge is 0.00668 e. The summed E-state index contributed by atoms with van der Waals surface area (Å²) in [4.78, 5) is 0. The first kappa shape index (κ1) is 12.7. The lowest BCUT2D eigenvalue weighted by atomic mass is 9.92. The normalized spacial score (nSPS) is 15.1. The predicted octanol–water partition coefficient (Wildman–Crippen LogP) is 3.70. The molecule has 0 amide bonds. The molecule has 1 rings (SSSR count). The van der Waals surface area contributed by atoms with Gasteiger partial charge in [-0.15, -0.1) is 0 Å². The largest absolute Gasteiger partial charge is 0.314 e. The molecule has 1 N–H and O–H groups in total. The highest BCUT2D eigenvalue weighted by Gasteiger charge is 2.13. The Morgan fingerprint density at radius 1 is 1.40 bits per heavy atom. The molecule has 0 radical (unpaired) electrons. The van der Waals surface area contributed by atoms with Gasteiger partial charge in [-0.05, 0) is 54.6 Å². The third kappa shape index (κ3) is 4.35. The summed E-state index contributed by atoms with van der Waals surface area (Å²) in [6.07, 6.45) is 3.82. The fourth-order valence-corrected chi connectivity index (χ4v) is 2.79. The maximum Gasteiger partial charge on any atom is 0.00668 e. The summed E-state index contributed by atoms with van der Waals surface area (Å²) < 4.78 is 0. The van der Waals surface area contributed by atoms with Crippen LogP contribution in [0.1, 0.15) is 39.2 Å². The van der Waals surface area contributed by atoms with Gasteiger partial charge in [-0.3, -0.25) is 0 Å². The van der Waals surface area contributed by atoms with Gasteiger partial charge in [0.25, 0.3) is 0 Å². The highest BCUT2D eigenvalue weighted by atomic mass is 32.1. The van der Waals surface area contributed by atoms with Crippen LogP contribution in [0.5, 0.6) is 0 Å². The number of aryl methyl sites for hydroxylation is 1. The number of rotatable bonds is 7. The van der Waals surface area contributed by atoms with E-state index in [2.05, 4.69) is 42.9 Å². The van der Waals surface area contributed by atoms with Crippen LogP contribution in [0.25, 0.3) is 0 Å². The van der Waals surface area contributed by atoms with E-state index in [4.69, 9.17) is 0 Å². The van der Waals surface area contributed by atoms with E-state index < -0.39 is 0 Å². The van der Waals surface area contributed by atoms with Gasteiger partial charge in [0.1, 0.15) is 0 Å². The topological polar surface area (TPSA) is 12.0 Å². The molecular formula is C13H23NS. The quantitative estimate of drug-likeness (QED) is 0.746. The molecule has 0 bridgehead atoms. The molecule has 1 aromatic heterocycles. The number of hydrogen-bond acceptors (Lipinski definition) is 2. The van der Waals surface area contributed by atoms with E-state index in [0.29, 0.717) is 6.04 Å². The summed E-state index contributed by atoms with van der Waals surface area (Å²) in [5, 5.41) is 7.97. The third-order valence-corrected chi connectivity index (χ3v) is 3.87. The molecule has 0 saturated carbocycles. The molecule has 0 aromatic carbocycles. The molecule has 15 heavy (non-hydrogen) atoms. The molecule has 0 spiro atoms. The first-order chi connectivity index (χ1) is 7.27. The van der Waals surface area contributed by atoms with Crippen molar-refractivity contribution in [3.8, 4) is 0 Å². The van der Waals surface area contributed by atoms with Crippen LogP contribution < -0.4 is 5.32 Å². The van der Waals surface area contributed by atoms with Crippen LogP contribution in [0.3, 0.4) is 0 Å². The monoisotopic (exact) mass is 225 g/mol. The molecule has 1 nitrogen and oxygen atoms in total. The van der Waals surface area contributed by atoms with Gasteiger partial charge in [0.2, 0.25) is 0 Å². The van der Waals surface area contributed by atoms with Gasteiger partial charge in [0.05, 0.1) is 0 Å². The molecule has 0 aliphatic carbocycles. The second-order valence-electron chi connectivity index (χ2n) is 4.18. The minimum atomic E-state index is 0.652. The van der Waals surface area contributed by atoms with Crippen LogP contribution in [-0.2, 0) is 6.42 Å². The van der Waals surface area contributed by atoms with E-state index in [1.54, 1.807) is 11.3 Å². The highest BCUT2D eigenvalue weighted by molar-refractivity contribution is 7.07. The molecule has 0 saturated heterocycles. The van der Waals surface area contributed by atoms with Crippen molar-refractivity contribution in [3.63, 3.8) is 0 Å². The van der Waals surface area contributed by atoms with Crippen molar-refractivity contribution in [1.82, 2.24) is 5.32 Å². The van der Waals surface area contributed by atoms with E-state index in [-0.39, 0.29) is 0 Å². The zero-order valence-electron chi connectivity index (χ0n) is 10.1. The van der Waals surface area contributed by atoms with Gasteiger partial charge in [-0.2, -0.15) is 11.3 Å². The Bertz CT molecular complexity index is 243. The number of thiophene rings is 1. The third-order valence-electron chi connectivity index (χ3n) is 3.14. The standard InChI is InChI=1S/C13H23NS/c1-4-13(11(3)14-5-2)7-6-12-8-9-15-10-12/h8-11,13-14H,4-7H2,1-3H3. The molecule has 2 heteroatoms. The minimum Gasteiger partial charge on any atom is -0.314 e. The molecule has 0 aliphatic heterocycles. The summed E-state index contributed by atoms with van der Waals surface area (Å²) in [5.41, 5.74) is 1.50. The summed E-state index contributed by atoms with van der Waals surface area (Å²) in [7, 11) is 0. The van der Waals surface area contributed by atoms with Crippen LogP contribution in [0.4, 0.5) is 0 Å². The van der Waals surface area contributed by atoms with Crippen molar-refractivity contribution < 1.29 is 0 Å². The van der Waals surface area contributed by atoms with E-state index in [1.807, 2.05) is 0 Å². The lowest BCUT2D eigenvalue weighted by molar-refractivity contribution is 0.349. The van der Waals surface area contributed by atoms with E-state index in [9.17, 15) is 0 Å². The molecule has 86 valence electrons. The lowest BCUT2D eigenvalue weighted by Crippen LogP contribution is -2.33. The highest BCUT2D eigenvalue weighted by Crippen LogP contribution is 2.18. The summed E-state index contributed by atoms with van der Waals surface area (Å²) >= 11 is 1.80. The Labute approximate surface area is 97.9 Å². The Morgan fingerprint density at radius 2 is 2.20 bits per heavy atom. The minimum absolute atomic E-state index is 0.652. The lowest BCUT2D eigenvalue weighted by Gasteiger charge is -2.23. The van der Waals surface area contributed by atoms with Gasteiger partial charge >= 0.3 is 0 Å². The van der Waals surface area contributed by atoms with Crippen molar-refractivity contribution in [2.45, 2.75) is 46.1 Å². The van der Waals surface area contributed by atoms with Crippen molar-refractivity contribution >= 4 is 11.3 Å². The second kappa shape index (κ2) is 7.02. The maximum atomic E-state index is 3.53. The van der Waals surface area contributed by atoms with Crippen molar-refractivity contribution in [2.24, 2.45) is 5.92 Å². The van der Waals surface area contributed by atoms with E-state index >= 15 is 0 Å². The summed E-state index contributed by atoms with van der Waals surface area (Å²) in [6, 6.07) is 2.90. The molecule has 0 aliphatic rings. The Balaban J connectivity index is 2.33. The summed E-state index contributed by atoms with van der Waals surface area (Å²) in [5.74, 6) is 0.810. The van der Waals surface area contributed by atoms with Gasteiger partial charge in [-0.25, -0.2) is 0 Å². The van der Waals surface area contributed by atoms with Crippen molar-refractivity contribution in [3.05, 3.63) is 22.4 Å². The number of hydrogen-bond donors (Lipinski definition) is 1. The first-order valence-corrected chi connectivity index (χ1v) is 6.96. The average Bonchev–Trinajstić information content (AvgIpc) is 2.72. The molecule has 2 atom stereocenters. The van der Waals surface area contributed by atoms with Gasteiger partial charge in [-0.1, -0.05) is 20.3 Å². The van der Waals surface area contributed by atoms with Crippen LogP contribution >= 0.6 is 11.3 Å². The first-order valence-electron chi connectivity index (χ1n) is 6.02. The molecular weight excluding hydrogens is 202 g/mol. The molecule has 0 fully saturated rings. The average molecular weight is 225 g/mol. The fraction of sp³-hybridized carbons (Fsp3) is 0.692. The van der Waals surface area contributed by atoms with Gasteiger partial charge in [0, 0.05) is 6.04 Å². The van der Waals surface area contributed by atoms with Crippen LogP contribution in [0.2, 0.25) is 0 Å². The molecule has 1 aromatic rings. The van der Waals surface area contributed by atoms with Gasteiger partial charge < -0.3 is 5.32 Å². The van der Waals surface area contributed by atoms with Crippen LogP contribution in [0.15, 0.2) is 16.8 Å². The Kier molecular flexibility index (Phi) is 5.96. The fourth-order valence-electron chi connectivity index (χ4n) is 2.08. The Morgan fingerprint density at radius 3 is 2.73 bits per heavy atom. The predicted molar refractivity (Wildman–Crippen MR) is 69.6 cm³/mol. The zero-order chi connectivity index (χ0) is 11.1. The van der Waals surface area contributed by atoms with Crippen molar-refractivity contribution in [1.29, 1.82) is 0 Å². The van der Waals surface area contributed by atoms with Crippen LogP contribution in [0, 0.1) is 5.92 Å². The SMILES string of the molecule is CCNC(C)C(CC)CCc1ccsc1. The summed E-state index contributed by atoms with van der Waals surface area (Å²) in [6.45, 7) is 7.87. The maximum absolute atomic E-state index is 3.53. The second-order valence-corrected chi connectivity index (χ2v) is 4.96. The molecule has 1 heterocycles. The van der Waals surface area contributed by atoms with E-state index in [1.165, 1.54) is 24.8 Å². The number of nitrogens with one attached hydrogen (secondary N) is 1. The van der Waals surface area contributed by atoms with Crippen LogP contribution in [-0.4, -0.2) is 12.6 Å². The van der Waals surface area contributed by atoms with Crippen molar-refractivity contribution in [2.75, 3.05) is 6.54 Å². The van der Waals surface area contributed by atoms with Gasteiger partial charge in [0.15, 0.2) is 0 Å². The Hall–Kier alpha value is -0.340. The van der Waals surface area contributed by atoms with E-state index in [0.717, 1.165) is 12.5 Å². The zero-order valence-corrected chi connectivity index (χ0v) is 10.9.